The average molecular weight is 225 g/mol. The highest BCUT2D eigenvalue weighted by atomic mass is 16.5. The number of aliphatic hydroxyl groups excluding tert-OH is 1. The van der Waals surface area contributed by atoms with E-state index in [4.69, 9.17) is 4.74 Å². The molecule has 0 spiro atoms. The van der Waals surface area contributed by atoms with Gasteiger partial charge in [-0.2, -0.15) is 0 Å². The molecule has 1 saturated heterocycles. The molecule has 0 aromatic heterocycles. The van der Waals surface area contributed by atoms with Gasteiger partial charge in [0.15, 0.2) is 0 Å². The summed E-state index contributed by atoms with van der Waals surface area (Å²) in [6.07, 6.45) is 1.18. The summed E-state index contributed by atoms with van der Waals surface area (Å²) < 4.78 is 5.33. The van der Waals surface area contributed by atoms with Crippen LogP contribution in [0.5, 0.6) is 0 Å². The van der Waals surface area contributed by atoms with Crippen molar-refractivity contribution < 1.29 is 9.84 Å². The third-order valence-electron chi connectivity index (χ3n) is 3.36. The van der Waals surface area contributed by atoms with Crippen molar-refractivity contribution in [1.82, 2.24) is 4.90 Å². The number of hydrogen-bond donors (Lipinski definition) is 1. The maximum absolute atomic E-state index is 10.2. The molecule has 3 nitrogen and oxygen atoms in total. The minimum Gasteiger partial charge on any atom is -0.391 e. The Kier molecular flexibility index (Phi) is 5.27. The van der Waals surface area contributed by atoms with E-state index < -0.39 is 0 Å². The summed E-state index contributed by atoms with van der Waals surface area (Å²) in [7, 11) is 0. The number of hydrogen-bond acceptors (Lipinski definition) is 3. The van der Waals surface area contributed by atoms with Crippen LogP contribution in [0.4, 0.5) is 0 Å². The van der Waals surface area contributed by atoms with E-state index in [0.29, 0.717) is 0 Å². The molecule has 1 rings (SSSR count). The molecule has 0 aliphatic carbocycles. The molecule has 92 valence electrons. The Labute approximate surface area is 98.8 Å². The van der Waals surface area contributed by atoms with Gasteiger partial charge in [0.2, 0.25) is 0 Å². The Bertz CT molecular complexity index is 259. The zero-order valence-electron chi connectivity index (χ0n) is 10.6. The molecule has 16 heavy (non-hydrogen) atoms. The first-order chi connectivity index (χ1) is 7.59. The van der Waals surface area contributed by atoms with E-state index in [1.165, 1.54) is 0 Å². The first-order valence-corrected chi connectivity index (χ1v) is 5.99. The fourth-order valence-electron chi connectivity index (χ4n) is 2.04. The van der Waals surface area contributed by atoms with E-state index in [1.807, 2.05) is 6.92 Å². The van der Waals surface area contributed by atoms with Crippen LogP contribution in [0.15, 0.2) is 0 Å². The van der Waals surface area contributed by atoms with Crippen molar-refractivity contribution in [3.63, 3.8) is 0 Å². The lowest BCUT2D eigenvalue weighted by molar-refractivity contribution is -0.0632. The number of morpholine rings is 1. The lowest BCUT2D eigenvalue weighted by atomic mass is 9.91. The molecule has 0 saturated carbocycles. The zero-order chi connectivity index (χ0) is 12.0. The van der Waals surface area contributed by atoms with Crippen LogP contribution < -0.4 is 0 Å². The maximum Gasteiger partial charge on any atom is 0.0727 e. The molecule has 1 atom stereocenters. The standard InChI is InChI=1S/C13H23NO2/c1-4-5-6-7-12(15)13(2,3)14-8-10-16-11-9-14/h12,15H,6-11H2,1-3H3. The first-order valence-electron chi connectivity index (χ1n) is 5.99. The Hall–Kier alpha value is -0.560. The van der Waals surface area contributed by atoms with Crippen molar-refractivity contribution in [2.24, 2.45) is 0 Å². The van der Waals surface area contributed by atoms with Gasteiger partial charge < -0.3 is 9.84 Å². The van der Waals surface area contributed by atoms with Crippen molar-refractivity contribution >= 4 is 0 Å². The zero-order valence-corrected chi connectivity index (χ0v) is 10.6. The maximum atomic E-state index is 10.2. The minimum absolute atomic E-state index is 0.181. The molecule has 0 radical (unpaired) electrons. The molecular formula is C13H23NO2. The molecule has 0 aromatic rings. The lowest BCUT2D eigenvalue weighted by Crippen LogP contribution is -2.56. The van der Waals surface area contributed by atoms with Gasteiger partial charge in [-0.1, -0.05) is 0 Å². The second kappa shape index (κ2) is 6.24. The first kappa shape index (κ1) is 13.5. The van der Waals surface area contributed by atoms with E-state index in [2.05, 4.69) is 30.6 Å². The monoisotopic (exact) mass is 225 g/mol. The third-order valence-corrected chi connectivity index (χ3v) is 3.36. The summed E-state index contributed by atoms with van der Waals surface area (Å²) in [4.78, 5) is 2.31. The normalized spacial score (nSPS) is 20.0. The lowest BCUT2D eigenvalue weighted by Gasteiger charge is -2.43. The predicted molar refractivity (Wildman–Crippen MR) is 65.2 cm³/mol. The SMILES string of the molecule is CC#CCCC(O)C(C)(C)N1CCOCC1. The van der Waals surface area contributed by atoms with Crippen LogP contribution >= 0.6 is 0 Å². The fourth-order valence-corrected chi connectivity index (χ4v) is 2.04. The molecule has 3 heteroatoms. The minimum atomic E-state index is -0.327. The molecule has 1 aliphatic heterocycles. The van der Waals surface area contributed by atoms with E-state index in [-0.39, 0.29) is 11.6 Å². The van der Waals surface area contributed by atoms with E-state index >= 15 is 0 Å². The van der Waals surface area contributed by atoms with Crippen molar-refractivity contribution in [1.29, 1.82) is 0 Å². The number of aliphatic hydroxyl groups is 1. The van der Waals surface area contributed by atoms with Crippen LogP contribution in [0.25, 0.3) is 0 Å². The van der Waals surface area contributed by atoms with Crippen molar-refractivity contribution in [2.45, 2.75) is 45.3 Å². The van der Waals surface area contributed by atoms with Gasteiger partial charge >= 0.3 is 0 Å². The second-order valence-corrected chi connectivity index (χ2v) is 4.73. The molecule has 1 fully saturated rings. The predicted octanol–water partition coefficient (Wildman–Crippen LogP) is 1.26. The van der Waals surface area contributed by atoms with Gasteiger partial charge in [0.1, 0.15) is 0 Å². The van der Waals surface area contributed by atoms with Crippen LogP contribution in [-0.2, 0) is 4.74 Å². The van der Waals surface area contributed by atoms with Gasteiger partial charge in [-0.25, -0.2) is 0 Å². The largest absolute Gasteiger partial charge is 0.391 e. The summed E-state index contributed by atoms with van der Waals surface area (Å²) in [5.41, 5.74) is -0.181. The molecule has 0 aromatic carbocycles. The average Bonchev–Trinajstić information content (AvgIpc) is 2.30. The van der Waals surface area contributed by atoms with Gasteiger partial charge in [-0.05, 0) is 27.2 Å². The summed E-state index contributed by atoms with van der Waals surface area (Å²) in [5.74, 6) is 5.86. The Morgan fingerprint density at radius 3 is 2.56 bits per heavy atom. The summed E-state index contributed by atoms with van der Waals surface area (Å²) in [5, 5.41) is 10.2. The van der Waals surface area contributed by atoms with Gasteiger partial charge in [-0.15, -0.1) is 11.8 Å². The summed E-state index contributed by atoms with van der Waals surface area (Å²) >= 11 is 0. The highest BCUT2D eigenvalue weighted by Gasteiger charge is 2.34. The van der Waals surface area contributed by atoms with Crippen molar-refractivity contribution in [3.8, 4) is 11.8 Å². The van der Waals surface area contributed by atoms with E-state index in [9.17, 15) is 5.11 Å². The number of ether oxygens (including phenoxy) is 1. The van der Waals surface area contributed by atoms with Gasteiger partial charge in [0, 0.05) is 25.0 Å². The van der Waals surface area contributed by atoms with E-state index in [0.717, 1.165) is 39.1 Å². The Balaban J connectivity index is 2.48. The van der Waals surface area contributed by atoms with E-state index in [1.54, 1.807) is 0 Å². The van der Waals surface area contributed by atoms with Crippen LogP contribution in [0.3, 0.4) is 0 Å². The number of rotatable bonds is 4. The van der Waals surface area contributed by atoms with Crippen LogP contribution in [0.1, 0.15) is 33.6 Å². The Morgan fingerprint density at radius 1 is 1.38 bits per heavy atom. The summed E-state index contributed by atoms with van der Waals surface area (Å²) in [6, 6.07) is 0. The molecule has 1 aliphatic rings. The molecule has 1 heterocycles. The quantitative estimate of drug-likeness (QED) is 0.731. The van der Waals surface area contributed by atoms with Crippen molar-refractivity contribution in [3.05, 3.63) is 0 Å². The highest BCUT2D eigenvalue weighted by molar-refractivity contribution is 4.97. The fraction of sp³-hybridized carbons (Fsp3) is 0.846. The smallest absolute Gasteiger partial charge is 0.0727 e. The van der Waals surface area contributed by atoms with Gasteiger partial charge in [0.05, 0.1) is 19.3 Å². The second-order valence-electron chi connectivity index (χ2n) is 4.73. The topological polar surface area (TPSA) is 32.7 Å². The van der Waals surface area contributed by atoms with Crippen molar-refractivity contribution in [2.75, 3.05) is 26.3 Å². The van der Waals surface area contributed by atoms with Crippen LogP contribution in [0, 0.1) is 11.8 Å². The number of nitrogens with zero attached hydrogens (tertiary/aromatic N) is 1. The molecule has 1 N–H and O–H groups in total. The molecule has 1 unspecified atom stereocenters. The molecule has 0 amide bonds. The van der Waals surface area contributed by atoms with Gasteiger partial charge in [-0.3, -0.25) is 4.90 Å². The summed E-state index contributed by atoms with van der Waals surface area (Å²) in [6.45, 7) is 9.38. The highest BCUT2D eigenvalue weighted by Crippen LogP contribution is 2.23. The van der Waals surface area contributed by atoms with Gasteiger partial charge in [0.25, 0.3) is 0 Å². The van der Waals surface area contributed by atoms with Crippen LogP contribution in [0.2, 0.25) is 0 Å². The van der Waals surface area contributed by atoms with Crippen LogP contribution in [-0.4, -0.2) is 48.0 Å². The molecular weight excluding hydrogens is 202 g/mol. The molecule has 0 bridgehead atoms. The third kappa shape index (κ3) is 3.48. The Morgan fingerprint density at radius 2 is 2.00 bits per heavy atom.